The molecule has 0 aliphatic heterocycles. The zero-order valence-corrected chi connectivity index (χ0v) is 36.7. The van der Waals surface area contributed by atoms with Crippen molar-refractivity contribution < 1.29 is 43.6 Å². The summed E-state index contributed by atoms with van der Waals surface area (Å²) in [5.41, 5.74) is 1.63. The first-order chi connectivity index (χ1) is 28.0. The third-order valence-corrected chi connectivity index (χ3v) is 8.97. The number of allylic oxidation sites excluding steroid dienone is 3. The number of rotatable bonds is 42. The van der Waals surface area contributed by atoms with Crippen LogP contribution >= 0.6 is 0 Å². The molecule has 0 aromatic rings. The average Bonchev–Trinajstić information content (AvgIpc) is 3.20. The molecule has 14 nitrogen and oxygen atoms in total. The van der Waals surface area contributed by atoms with Crippen LogP contribution in [0.25, 0.3) is 0 Å². The van der Waals surface area contributed by atoms with Crippen molar-refractivity contribution >= 4 is 23.7 Å². The minimum absolute atomic E-state index is 0.0288. The normalized spacial score (nSPS) is 11.1. The molecule has 0 heterocycles. The molecule has 0 aromatic heterocycles. The van der Waals surface area contributed by atoms with Gasteiger partial charge in [0.2, 0.25) is 17.7 Å². The highest BCUT2D eigenvalue weighted by Crippen LogP contribution is 2.15. The van der Waals surface area contributed by atoms with E-state index in [0.29, 0.717) is 38.4 Å². The molecule has 58 heavy (non-hydrogen) atoms. The Kier molecular flexibility index (Phi) is 41.8. The molecule has 0 saturated carbocycles. The molecular weight excluding hydrogens is 743 g/mol. The van der Waals surface area contributed by atoms with E-state index in [1.165, 1.54) is 44.9 Å². The quantitative estimate of drug-likeness (QED) is 0.0248. The van der Waals surface area contributed by atoms with Gasteiger partial charge in [0.05, 0.1) is 25.6 Å². The zero-order valence-electron chi connectivity index (χ0n) is 36.7. The maximum absolute atomic E-state index is 12.2. The number of unbranched alkanes of at least 4 members (excludes halogenated alkanes) is 13. The van der Waals surface area contributed by atoms with E-state index in [9.17, 15) is 24.3 Å². The van der Waals surface area contributed by atoms with Gasteiger partial charge in [-0.2, -0.15) is 0 Å². The Morgan fingerprint density at radius 3 is 1.55 bits per heavy atom. The van der Waals surface area contributed by atoms with Crippen LogP contribution in [0, 0.1) is 0 Å². The van der Waals surface area contributed by atoms with Gasteiger partial charge < -0.3 is 51.0 Å². The van der Waals surface area contributed by atoms with Crippen molar-refractivity contribution in [1.29, 1.82) is 0 Å². The SMILES string of the molecule is C=C(O)CCCCCCCCCCCCCCC(=C)N[C@@H](CCC(=O)NCCOCCOCC(=O)NCCCCCOCC(=O)NCCNC(=C)CC)C(=O)O.CC. The van der Waals surface area contributed by atoms with Crippen molar-refractivity contribution in [1.82, 2.24) is 26.6 Å². The highest BCUT2D eigenvalue weighted by Gasteiger charge is 2.19. The van der Waals surface area contributed by atoms with Gasteiger partial charge in [0, 0.05) is 57.0 Å². The van der Waals surface area contributed by atoms with Gasteiger partial charge in [-0.15, -0.1) is 0 Å². The van der Waals surface area contributed by atoms with E-state index in [1.807, 2.05) is 20.8 Å². The van der Waals surface area contributed by atoms with Gasteiger partial charge >= 0.3 is 5.97 Å². The van der Waals surface area contributed by atoms with E-state index in [1.54, 1.807) is 0 Å². The molecule has 0 rings (SSSR count). The molecule has 0 saturated heterocycles. The number of carboxylic acid groups (broad SMARTS) is 1. The number of aliphatic hydroxyl groups is 1. The summed E-state index contributed by atoms with van der Waals surface area (Å²) < 4.78 is 16.2. The van der Waals surface area contributed by atoms with Crippen molar-refractivity contribution in [2.75, 3.05) is 65.8 Å². The molecule has 0 fully saturated rings. The summed E-state index contributed by atoms with van der Waals surface area (Å²) >= 11 is 0. The fourth-order valence-corrected chi connectivity index (χ4v) is 5.59. The van der Waals surface area contributed by atoms with Crippen LogP contribution in [0.5, 0.6) is 0 Å². The molecular formula is C44H83N5O9. The average molecular weight is 826 g/mol. The van der Waals surface area contributed by atoms with E-state index >= 15 is 0 Å². The van der Waals surface area contributed by atoms with Crippen molar-refractivity contribution in [3.63, 3.8) is 0 Å². The fraction of sp³-hybridized carbons (Fsp3) is 0.773. The monoisotopic (exact) mass is 826 g/mol. The zero-order chi connectivity index (χ0) is 43.5. The minimum Gasteiger partial charge on any atom is -0.513 e. The van der Waals surface area contributed by atoms with Crippen LogP contribution in [-0.4, -0.2) is 106 Å². The van der Waals surface area contributed by atoms with Crippen LogP contribution in [0.3, 0.4) is 0 Å². The highest BCUT2D eigenvalue weighted by molar-refractivity contribution is 5.78. The van der Waals surface area contributed by atoms with Crippen LogP contribution in [0.15, 0.2) is 36.9 Å². The lowest BCUT2D eigenvalue weighted by Crippen LogP contribution is -2.37. The maximum atomic E-state index is 12.2. The fourth-order valence-electron chi connectivity index (χ4n) is 5.59. The number of carbonyl (C=O) groups is 4. The minimum atomic E-state index is -1.01. The van der Waals surface area contributed by atoms with Gasteiger partial charge in [0.1, 0.15) is 19.3 Å². The standard InChI is InChI=1S/C42H77N5O9.C2H6/c1-5-35(2)43-26-27-45-41(51)33-55-29-20-16-19-25-44-40(50)34-56-32-31-54-30-28-46-39(49)24-23-38(42(52)53)47-36(3)21-17-14-12-10-8-6-7-9-11-13-15-18-22-37(4)48;1-2/h38,43,47-48H,2-34H2,1H3,(H,44,50)(H,45,51)(H,46,49)(H,52,53);1-2H3/t38-;/m0./s1. The number of aliphatic carboxylic acids is 1. The summed E-state index contributed by atoms with van der Waals surface area (Å²) in [5.74, 6) is -1.33. The van der Waals surface area contributed by atoms with Crippen LogP contribution in [0.2, 0.25) is 0 Å². The van der Waals surface area contributed by atoms with Gasteiger partial charge in [-0.25, -0.2) is 4.79 Å². The van der Waals surface area contributed by atoms with Crippen molar-refractivity contribution in [2.24, 2.45) is 0 Å². The number of aliphatic hydroxyl groups excluding tert-OH is 1. The highest BCUT2D eigenvalue weighted by atomic mass is 16.5. The number of carboxylic acids is 1. The third kappa shape index (κ3) is 42.0. The first-order valence-corrected chi connectivity index (χ1v) is 22.0. The van der Waals surface area contributed by atoms with Gasteiger partial charge in [-0.3, -0.25) is 14.4 Å². The van der Waals surface area contributed by atoms with Gasteiger partial charge in [-0.05, 0) is 51.4 Å². The second-order valence-corrected chi connectivity index (χ2v) is 14.2. The molecule has 14 heteroatoms. The van der Waals surface area contributed by atoms with E-state index in [-0.39, 0.29) is 75.9 Å². The molecule has 7 N–H and O–H groups in total. The van der Waals surface area contributed by atoms with Gasteiger partial charge in [0.25, 0.3) is 0 Å². The van der Waals surface area contributed by atoms with Crippen molar-refractivity contribution in [2.45, 2.75) is 155 Å². The Balaban J connectivity index is 0. The van der Waals surface area contributed by atoms with Crippen LogP contribution < -0.4 is 26.6 Å². The molecule has 0 spiro atoms. The largest absolute Gasteiger partial charge is 0.513 e. The van der Waals surface area contributed by atoms with Crippen molar-refractivity contribution in [3.05, 3.63) is 36.9 Å². The molecule has 0 radical (unpaired) electrons. The molecule has 0 aromatic carbocycles. The summed E-state index contributed by atoms with van der Waals surface area (Å²) in [6.07, 6.45) is 19.1. The molecule has 0 aliphatic rings. The number of amides is 3. The predicted molar refractivity (Wildman–Crippen MR) is 233 cm³/mol. The topological polar surface area (TPSA) is 197 Å². The van der Waals surface area contributed by atoms with E-state index in [0.717, 1.165) is 69.9 Å². The molecule has 3 amide bonds. The van der Waals surface area contributed by atoms with Crippen LogP contribution in [-0.2, 0) is 33.4 Å². The van der Waals surface area contributed by atoms with Gasteiger partial charge in [-0.1, -0.05) is 105 Å². The molecule has 338 valence electrons. The van der Waals surface area contributed by atoms with E-state index < -0.39 is 12.0 Å². The Morgan fingerprint density at radius 2 is 0.983 bits per heavy atom. The number of nitrogens with one attached hydrogen (secondary N) is 5. The first kappa shape index (κ1) is 56.5. The second kappa shape index (κ2) is 43.0. The number of hydrogen-bond acceptors (Lipinski definition) is 10. The van der Waals surface area contributed by atoms with E-state index in [4.69, 9.17) is 19.3 Å². The van der Waals surface area contributed by atoms with Crippen LogP contribution in [0.1, 0.15) is 149 Å². The van der Waals surface area contributed by atoms with Gasteiger partial charge in [0.15, 0.2) is 0 Å². The second-order valence-electron chi connectivity index (χ2n) is 14.2. The summed E-state index contributed by atoms with van der Waals surface area (Å²) in [4.78, 5) is 47.7. The van der Waals surface area contributed by atoms with E-state index in [2.05, 4.69) is 46.3 Å². The Morgan fingerprint density at radius 1 is 0.500 bits per heavy atom. The lowest BCUT2D eigenvalue weighted by atomic mass is 10.0. The summed E-state index contributed by atoms with van der Waals surface area (Å²) in [6.45, 7) is 20.5. The number of carbonyl (C=O) groups excluding carboxylic acids is 3. The smallest absolute Gasteiger partial charge is 0.326 e. The molecule has 1 atom stereocenters. The summed E-state index contributed by atoms with van der Waals surface area (Å²) in [5, 5.41) is 33.1. The first-order valence-electron chi connectivity index (χ1n) is 22.0. The molecule has 0 unspecified atom stereocenters. The number of ether oxygens (including phenoxy) is 3. The Bertz CT molecular complexity index is 1090. The third-order valence-electron chi connectivity index (χ3n) is 8.97. The maximum Gasteiger partial charge on any atom is 0.326 e. The Hall–Kier alpha value is -3.62. The predicted octanol–water partition coefficient (Wildman–Crippen LogP) is 6.96. The lowest BCUT2D eigenvalue weighted by Gasteiger charge is -2.17. The molecule has 0 bridgehead atoms. The number of hydrogen-bond donors (Lipinski definition) is 7. The Labute approximate surface area is 351 Å². The molecule has 0 aliphatic carbocycles. The van der Waals surface area contributed by atoms with Crippen LogP contribution in [0.4, 0.5) is 0 Å². The summed E-state index contributed by atoms with van der Waals surface area (Å²) in [6, 6.07) is -0.871. The van der Waals surface area contributed by atoms with Crippen molar-refractivity contribution in [3.8, 4) is 0 Å². The summed E-state index contributed by atoms with van der Waals surface area (Å²) in [7, 11) is 0. The lowest BCUT2D eigenvalue weighted by molar-refractivity contribution is -0.139.